The molecule has 3 N–H and O–H groups in total. The monoisotopic (exact) mass is 445 g/mol. The van der Waals surface area contributed by atoms with Crippen molar-refractivity contribution in [1.82, 2.24) is 14.8 Å². The van der Waals surface area contributed by atoms with E-state index in [1.807, 2.05) is 29.2 Å². The van der Waals surface area contributed by atoms with Crippen LogP contribution in [0.4, 0.5) is 5.69 Å². The van der Waals surface area contributed by atoms with Crippen LogP contribution in [-0.2, 0) is 16.1 Å². The van der Waals surface area contributed by atoms with Crippen LogP contribution in [0.5, 0.6) is 11.5 Å². The molecule has 0 radical (unpaired) electrons. The van der Waals surface area contributed by atoms with Crippen molar-refractivity contribution in [3.63, 3.8) is 0 Å². The molecule has 170 valence electrons. The number of hydrogen-bond acceptors (Lipinski definition) is 6. The van der Waals surface area contributed by atoms with Gasteiger partial charge in [0.15, 0.2) is 0 Å². The largest absolute Gasteiger partial charge is 0.456 e. The van der Waals surface area contributed by atoms with Gasteiger partial charge in [-0.15, -0.1) is 0 Å². The Morgan fingerprint density at radius 1 is 1.00 bits per heavy atom. The number of carbonyl (C=O) groups is 2. The number of carbonyl (C=O) groups excluding carboxylic acids is 2. The lowest BCUT2D eigenvalue weighted by Crippen LogP contribution is -2.59. The first-order valence-corrected chi connectivity index (χ1v) is 10.8. The van der Waals surface area contributed by atoms with Gasteiger partial charge >= 0.3 is 0 Å². The third-order valence-corrected chi connectivity index (χ3v) is 5.51. The molecule has 8 nitrogen and oxygen atoms in total. The summed E-state index contributed by atoms with van der Waals surface area (Å²) < 4.78 is 5.71. The number of primary amides is 1. The molecule has 8 heteroatoms. The molecular formula is C25H27N5O3. The molecule has 33 heavy (non-hydrogen) atoms. The van der Waals surface area contributed by atoms with E-state index in [0.717, 1.165) is 13.1 Å². The summed E-state index contributed by atoms with van der Waals surface area (Å²) in [4.78, 5) is 32.8. The number of piperazine rings is 1. The second kappa shape index (κ2) is 10.7. The molecule has 0 unspecified atom stereocenters. The zero-order valence-electron chi connectivity index (χ0n) is 18.3. The second-order valence-electron chi connectivity index (χ2n) is 7.97. The Morgan fingerprint density at radius 2 is 1.79 bits per heavy atom. The van der Waals surface area contributed by atoms with Crippen LogP contribution in [0.25, 0.3) is 0 Å². The molecule has 1 saturated heterocycles. The fraction of sp³-hybridized carbons (Fsp3) is 0.240. The Bertz CT molecular complexity index is 1060. The molecule has 2 aromatic carbocycles. The summed E-state index contributed by atoms with van der Waals surface area (Å²) >= 11 is 0. The molecule has 1 aliphatic heterocycles. The van der Waals surface area contributed by atoms with Gasteiger partial charge in [0, 0.05) is 38.1 Å². The lowest BCUT2D eigenvalue weighted by atomic mass is 10.1. The molecule has 2 heterocycles. The number of benzene rings is 2. The Morgan fingerprint density at radius 3 is 2.48 bits per heavy atom. The highest BCUT2D eigenvalue weighted by Crippen LogP contribution is 2.22. The molecule has 1 aliphatic rings. The van der Waals surface area contributed by atoms with Crippen molar-refractivity contribution in [2.24, 2.45) is 5.73 Å². The Balaban J connectivity index is 1.30. The molecule has 3 aromatic rings. The average Bonchev–Trinajstić information content (AvgIpc) is 2.82. The molecule has 4 rings (SSSR count). The predicted octanol–water partition coefficient (Wildman–Crippen LogP) is 2.48. The van der Waals surface area contributed by atoms with E-state index in [0.29, 0.717) is 30.3 Å². The smallest absolute Gasteiger partial charge is 0.238 e. The first kappa shape index (κ1) is 22.4. The van der Waals surface area contributed by atoms with Crippen LogP contribution < -0.4 is 15.8 Å². The van der Waals surface area contributed by atoms with Crippen molar-refractivity contribution in [3.8, 4) is 11.5 Å². The third kappa shape index (κ3) is 6.38. The number of amides is 2. The zero-order valence-corrected chi connectivity index (χ0v) is 18.3. The average molecular weight is 446 g/mol. The van der Waals surface area contributed by atoms with Crippen molar-refractivity contribution in [3.05, 3.63) is 84.7 Å². The molecule has 1 fully saturated rings. The number of nitrogens with zero attached hydrogens (tertiary/aromatic N) is 3. The quantitative estimate of drug-likeness (QED) is 0.553. The van der Waals surface area contributed by atoms with Crippen LogP contribution in [0.1, 0.15) is 5.56 Å². The lowest BCUT2D eigenvalue weighted by molar-refractivity contribution is -0.127. The van der Waals surface area contributed by atoms with Crippen molar-refractivity contribution in [1.29, 1.82) is 0 Å². The number of ether oxygens (including phenoxy) is 1. The fourth-order valence-corrected chi connectivity index (χ4v) is 3.86. The van der Waals surface area contributed by atoms with Crippen LogP contribution in [0.15, 0.2) is 79.1 Å². The van der Waals surface area contributed by atoms with Crippen LogP contribution in [0, 0.1) is 0 Å². The van der Waals surface area contributed by atoms with Gasteiger partial charge in [0.25, 0.3) is 0 Å². The number of hydrogen-bond donors (Lipinski definition) is 2. The topological polar surface area (TPSA) is 101 Å². The molecule has 0 saturated carbocycles. The molecule has 0 aliphatic carbocycles. The van der Waals surface area contributed by atoms with Gasteiger partial charge in [-0.25, -0.2) is 0 Å². The Hall–Kier alpha value is -3.75. The predicted molar refractivity (Wildman–Crippen MR) is 126 cm³/mol. The maximum absolute atomic E-state index is 12.6. The summed E-state index contributed by atoms with van der Waals surface area (Å²) in [5.41, 5.74) is 7.50. The Labute approximate surface area is 193 Å². The molecular weight excluding hydrogens is 418 g/mol. The molecule has 0 spiro atoms. The number of rotatable bonds is 8. The van der Waals surface area contributed by atoms with Crippen molar-refractivity contribution < 1.29 is 14.3 Å². The molecule has 1 aromatic heterocycles. The molecule has 1 atom stereocenters. The van der Waals surface area contributed by atoms with Gasteiger partial charge in [-0.2, -0.15) is 0 Å². The summed E-state index contributed by atoms with van der Waals surface area (Å²) in [7, 11) is 0. The number of nitrogens with two attached hydrogens (primary N) is 1. The summed E-state index contributed by atoms with van der Waals surface area (Å²) in [6.45, 7) is 2.69. The highest BCUT2D eigenvalue weighted by Gasteiger charge is 2.32. The number of pyridine rings is 1. The van der Waals surface area contributed by atoms with E-state index < -0.39 is 11.9 Å². The number of aromatic nitrogens is 1. The highest BCUT2D eigenvalue weighted by molar-refractivity contribution is 5.93. The second-order valence-corrected chi connectivity index (χ2v) is 7.97. The van der Waals surface area contributed by atoms with Crippen molar-refractivity contribution in [2.45, 2.75) is 12.6 Å². The minimum Gasteiger partial charge on any atom is -0.456 e. The molecule has 2 amide bonds. The van der Waals surface area contributed by atoms with Crippen LogP contribution in [0.2, 0.25) is 0 Å². The van der Waals surface area contributed by atoms with Gasteiger partial charge in [0.2, 0.25) is 11.8 Å². The van der Waals surface area contributed by atoms with Crippen molar-refractivity contribution >= 4 is 17.5 Å². The minimum atomic E-state index is -0.511. The van der Waals surface area contributed by atoms with E-state index in [-0.39, 0.29) is 12.5 Å². The van der Waals surface area contributed by atoms with Crippen LogP contribution >= 0.6 is 0 Å². The Kier molecular flexibility index (Phi) is 7.29. The van der Waals surface area contributed by atoms with Gasteiger partial charge in [0.1, 0.15) is 17.5 Å². The lowest BCUT2D eigenvalue weighted by Gasteiger charge is -2.39. The van der Waals surface area contributed by atoms with Gasteiger partial charge in [-0.3, -0.25) is 24.4 Å². The highest BCUT2D eigenvalue weighted by atomic mass is 16.5. The van der Waals surface area contributed by atoms with Gasteiger partial charge in [0.05, 0.1) is 12.7 Å². The standard InChI is InChI=1S/C25H27N5O3/c26-25(32)23-17-29(16-19-5-2-1-3-6-19)13-14-30(23)18-24(31)28-20-8-10-21(11-9-20)33-22-7-4-12-27-15-22/h1-12,15,23H,13-14,16-18H2,(H2,26,32)(H,28,31)/t23-/m1/s1. The van der Waals surface area contributed by atoms with Crippen LogP contribution in [0.3, 0.4) is 0 Å². The van der Waals surface area contributed by atoms with E-state index >= 15 is 0 Å². The van der Waals surface area contributed by atoms with E-state index in [2.05, 4.69) is 27.3 Å². The maximum Gasteiger partial charge on any atom is 0.238 e. The minimum absolute atomic E-state index is 0.0979. The van der Waals surface area contributed by atoms with Gasteiger partial charge in [-0.1, -0.05) is 30.3 Å². The van der Waals surface area contributed by atoms with Gasteiger partial charge < -0.3 is 15.8 Å². The van der Waals surface area contributed by atoms with Crippen LogP contribution in [-0.4, -0.2) is 58.8 Å². The summed E-state index contributed by atoms with van der Waals surface area (Å²) in [6.07, 6.45) is 3.31. The fourth-order valence-electron chi connectivity index (χ4n) is 3.86. The van der Waals surface area contributed by atoms with E-state index in [4.69, 9.17) is 10.5 Å². The summed E-state index contributed by atoms with van der Waals surface area (Å²) in [5, 5.41) is 2.88. The SMILES string of the molecule is NC(=O)[C@H]1CN(Cc2ccccc2)CCN1CC(=O)Nc1ccc(Oc2cccnc2)cc1. The van der Waals surface area contributed by atoms with Crippen molar-refractivity contribution in [2.75, 3.05) is 31.5 Å². The summed E-state index contributed by atoms with van der Waals surface area (Å²) in [6, 6.07) is 20.3. The molecule has 0 bridgehead atoms. The number of nitrogens with one attached hydrogen (secondary N) is 1. The summed E-state index contributed by atoms with van der Waals surface area (Å²) in [5.74, 6) is 0.665. The first-order valence-electron chi connectivity index (χ1n) is 10.8. The zero-order chi connectivity index (χ0) is 23.0. The van der Waals surface area contributed by atoms with E-state index in [1.54, 1.807) is 42.7 Å². The third-order valence-electron chi connectivity index (χ3n) is 5.51. The normalized spacial score (nSPS) is 16.8. The van der Waals surface area contributed by atoms with E-state index in [1.165, 1.54) is 5.56 Å². The van der Waals surface area contributed by atoms with E-state index in [9.17, 15) is 9.59 Å². The maximum atomic E-state index is 12.6. The number of anilines is 1. The first-order chi connectivity index (χ1) is 16.1. The van der Waals surface area contributed by atoms with Gasteiger partial charge in [-0.05, 0) is 42.0 Å².